The van der Waals surface area contributed by atoms with Gasteiger partial charge in [-0.2, -0.15) is 5.10 Å². The van der Waals surface area contributed by atoms with Crippen molar-refractivity contribution in [2.24, 2.45) is 7.05 Å². The van der Waals surface area contributed by atoms with Crippen molar-refractivity contribution in [3.63, 3.8) is 0 Å². The highest BCUT2D eigenvalue weighted by atomic mass is 35.5. The van der Waals surface area contributed by atoms with Crippen molar-refractivity contribution in [3.8, 4) is 11.5 Å². The van der Waals surface area contributed by atoms with E-state index in [2.05, 4.69) is 10.4 Å². The number of benzene rings is 1. The number of ether oxygens (including phenoxy) is 2. The Morgan fingerprint density at radius 1 is 1.26 bits per heavy atom. The van der Waals surface area contributed by atoms with Gasteiger partial charge in [-0.15, -0.1) is 0 Å². The molecule has 0 fully saturated rings. The summed E-state index contributed by atoms with van der Waals surface area (Å²) in [5, 5.41) is 7.42. The molecule has 1 amide bonds. The second-order valence-electron chi connectivity index (χ2n) is 4.84. The van der Waals surface area contributed by atoms with Crippen molar-refractivity contribution in [1.82, 2.24) is 9.78 Å². The fourth-order valence-corrected chi connectivity index (χ4v) is 2.30. The van der Waals surface area contributed by atoms with Crippen LogP contribution in [0.4, 0.5) is 5.69 Å². The first-order valence-electron chi connectivity index (χ1n) is 6.86. The zero-order chi connectivity index (χ0) is 17.0. The quantitative estimate of drug-likeness (QED) is 0.853. The van der Waals surface area contributed by atoms with E-state index in [4.69, 9.17) is 21.1 Å². The van der Waals surface area contributed by atoms with Crippen LogP contribution in [0.5, 0.6) is 11.5 Å². The van der Waals surface area contributed by atoms with Gasteiger partial charge < -0.3 is 14.8 Å². The first-order valence-corrected chi connectivity index (χ1v) is 7.23. The summed E-state index contributed by atoms with van der Waals surface area (Å²) < 4.78 is 11.9. The second kappa shape index (κ2) is 7.19. The molecule has 6 nitrogen and oxygen atoms in total. The molecule has 0 atom stereocenters. The minimum atomic E-state index is -0.292. The van der Waals surface area contributed by atoms with Gasteiger partial charge >= 0.3 is 0 Å². The standard InChI is InChI=1S/C16H18ClN3O3/c1-10-14(16(17)20(2)19-10)5-6-15(21)18-11-7-12(22-3)9-13(8-11)23-4/h5-9H,1-4H3,(H,18,21)/b6-5+. The highest BCUT2D eigenvalue weighted by molar-refractivity contribution is 6.31. The van der Waals surface area contributed by atoms with Gasteiger partial charge in [0.15, 0.2) is 0 Å². The van der Waals surface area contributed by atoms with E-state index in [0.717, 1.165) is 5.69 Å². The maximum atomic E-state index is 12.1. The number of amides is 1. The van der Waals surface area contributed by atoms with Crippen LogP contribution in [0, 0.1) is 6.92 Å². The van der Waals surface area contributed by atoms with Gasteiger partial charge in [0.1, 0.15) is 16.7 Å². The molecule has 0 bridgehead atoms. The molecule has 0 saturated carbocycles. The Bertz CT molecular complexity index is 731. The van der Waals surface area contributed by atoms with Gasteiger partial charge in [-0.3, -0.25) is 9.48 Å². The van der Waals surface area contributed by atoms with Gasteiger partial charge in [-0.05, 0) is 13.0 Å². The van der Waals surface area contributed by atoms with Crippen LogP contribution in [0.15, 0.2) is 24.3 Å². The summed E-state index contributed by atoms with van der Waals surface area (Å²) in [5.74, 6) is 0.893. The number of carbonyl (C=O) groups excluding carboxylic acids is 1. The molecule has 1 N–H and O–H groups in total. The van der Waals surface area contributed by atoms with Crippen molar-refractivity contribution < 1.29 is 14.3 Å². The predicted octanol–water partition coefficient (Wildman–Crippen LogP) is 3.05. The van der Waals surface area contributed by atoms with Crippen LogP contribution in [-0.2, 0) is 11.8 Å². The van der Waals surface area contributed by atoms with Crippen molar-refractivity contribution >= 4 is 29.3 Å². The summed E-state index contributed by atoms with van der Waals surface area (Å²) in [4.78, 5) is 12.1. The number of carbonyl (C=O) groups is 1. The summed E-state index contributed by atoms with van der Waals surface area (Å²) in [6, 6.07) is 5.14. The van der Waals surface area contributed by atoms with Gasteiger partial charge in [0.05, 0.1) is 19.9 Å². The molecule has 0 aliphatic carbocycles. The number of aromatic nitrogens is 2. The van der Waals surface area contributed by atoms with E-state index in [1.807, 2.05) is 6.92 Å². The van der Waals surface area contributed by atoms with Crippen LogP contribution in [0.2, 0.25) is 5.15 Å². The maximum Gasteiger partial charge on any atom is 0.248 e. The normalized spacial score (nSPS) is 10.8. The smallest absolute Gasteiger partial charge is 0.248 e. The third kappa shape index (κ3) is 4.04. The lowest BCUT2D eigenvalue weighted by molar-refractivity contribution is -0.111. The molecule has 0 aliphatic heterocycles. The van der Waals surface area contributed by atoms with Crippen LogP contribution in [0.25, 0.3) is 6.08 Å². The lowest BCUT2D eigenvalue weighted by Gasteiger charge is -2.08. The molecular weight excluding hydrogens is 318 g/mol. The van der Waals surface area contributed by atoms with Crippen molar-refractivity contribution in [3.05, 3.63) is 40.7 Å². The van der Waals surface area contributed by atoms with Gasteiger partial charge in [-0.1, -0.05) is 11.6 Å². The maximum absolute atomic E-state index is 12.1. The summed E-state index contributed by atoms with van der Waals surface area (Å²) >= 11 is 6.12. The second-order valence-corrected chi connectivity index (χ2v) is 5.20. The summed E-state index contributed by atoms with van der Waals surface area (Å²) in [6.07, 6.45) is 3.04. The summed E-state index contributed by atoms with van der Waals surface area (Å²) in [6.45, 7) is 1.83. The number of methoxy groups -OCH3 is 2. The number of hydrogen-bond acceptors (Lipinski definition) is 4. The first-order chi connectivity index (χ1) is 10.9. The number of anilines is 1. The van der Waals surface area contributed by atoms with Crippen molar-refractivity contribution in [2.75, 3.05) is 19.5 Å². The Kier molecular flexibility index (Phi) is 5.28. The zero-order valence-corrected chi connectivity index (χ0v) is 14.1. The third-order valence-electron chi connectivity index (χ3n) is 3.22. The number of rotatable bonds is 5. The zero-order valence-electron chi connectivity index (χ0n) is 13.4. The largest absolute Gasteiger partial charge is 0.497 e. The van der Waals surface area contributed by atoms with Gasteiger partial charge in [0.25, 0.3) is 0 Å². The van der Waals surface area contributed by atoms with Crippen LogP contribution in [-0.4, -0.2) is 29.9 Å². The molecule has 0 aliphatic rings. The molecule has 1 aromatic carbocycles. The molecule has 2 rings (SSSR count). The highest BCUT2D eigenvalue weighted by Crippen LogP contribution is 2.26. The Balaban J connectivity index is 2.14. The van der Waals surface area contributed by atoms with E-state index in [1.54, 1.807) is 50.2 Å². The first kappa shape index (κ1) is 16.9. The fraction of sp³-hybridized carbons (Fsp3) is 0.250. The molecule has 7 heteroatoms. The lowest BCUT2D eigenvalue weighted by atomic mass is 10.2. The van der Waals surface area contributed by atoms with Crippen LogP contribution in [0.1, 0.15) is 11.3 Å². The number of nitrogens with zero attached hydrogens (tertiary/aromatic N) is 2. The number of halogens is 1. The number of hydrogen-bond donors (Lipinski definition) is 1. The summed E-state index contributed by atoms with van der Waals surface area (Å²) in [5.41, 5.74) is 2.04. The minimum absolute atomic E-state index is 0.292. The Labute approximate surface area is 139 Å². The van der Waals surface area contributed by atoms with Crippen molar-refractivity contribution in [2.45, 2.75) is 6.92 Å². The van der Waals surface area contributed by atoms with E-state index in [1.165, 1.54) is 6.08 Å². The summed E-state index contributed by atoms with van der Waals surface area (Å²) in [7, 11) is 4.84. The highest BCUT2D eigenvalue weighted by Gasteiger charge is 2.09. The molecule has 122 valence electrons. The molecule has 0 saturated heterocycles. The monoisotopic (exact) mass is 335 g/mol. The number of nitrogens with one attached hydrogen (secondary N) is 1. The average Bonchev–Trinajstić information content (AvgIpc) is 2.77. The average molecular weight is 336 g/mol. The lowest BCUT2D eigenvalue weighted by Crippen LogP contribution is -2.08. The van der Waals surface area contributed by atoms with Crippen LogP contribution >= 0.6 is 11.6 Å². The predicted molar refractivity (Wildman–Crippen MR) is 90.2 cm³/mol. The van der Waals surface area contributed by atoms with Crippen LogP contribution in [0.3, 0.4) is 0 Å². The molecule has 2 aromatic rings. The third-order valence-corrected chi connectivity index (χ3v) is 3.66. The Morgan fingerprint density at radius 3 is 2.35 bits per heavy atom. The van der Waals surface area contributed by atoms with E-state index in [0.29, 0.717) is 27.9 Å². The van der Waals surface area contributed by atoms with Gasteiger partial charge in [0.2, 0.25) is 5.91 Å². The molecule has 1 heterocycles. The minimum Gasteiger partial charge on any atom is -0.497 e. The van der Waals surface area contributed by atoms with Gasteiger partial charge in [-0.25, -0.2) is 0 Å². The topological polar surface area (TPSA) is 65.4 Å². The number of aryl methyl sites for hydroxylation is 2. The molecular formula is C16H18ClN3O3. The van der Waals surface area contributed by atoms with E-state index in [9.17, 15) is 4.79 Å². The molecule has 23 heavy (non-hydrogen) atoms. The Hall–Kier alpha value is -2.47. The molecule has 1 aromatic heterocycles. The van der Waals surface area contributed by atoms with Gasteiger partial charge in [0, 0.05) is 42.6 Å². The van der Waals surface area contributed by atoms with E-state index >= 15 is 0 Å². The van der Waals surface area contributed by atoms with E-state index in [-0.39, 0.29) is 5.91 Å². The molecule has 0 spiro atoms. The fourth-order valence-electron chi connectivity index (χ4n) is 2.06. The van der Waals surface area contributed by atoms with E-state index < -0.39 is 0 Å². The van der Waals surface area contributed by atoms with Crippen LogP contribution < -0.4 is 14.8 Å². The molecule has 0 unspecified atom stereocenters. The Morgan fingerprint density at radius 2 is 1.87 bits per heavy atom. The van der Waals surface area contributed by atoms with Crippen molar-refractivity contribution in [1.29, 1.82) is 0 Å². The SMILES string of the molecule is COc1cc(NC(=O)/C=C/c2c(C)nn(C)c2Cl)cc(OC)c1. The molecule has 0 radical (unpaired) electrons.